The molecule has 2 aromatic carbocycles. The summed E-state index contributed by atoms with van der Waals surface area (Å²) in [6.07, 6.45) is 0. The highest BCUT2D eigenvalue weighted by molar-refractivity contribution is 9.10. The standard InChI is InChI=1S/C13H7BrFNO5/c14-7-1-3-9(13(17)18)11(5-7)21-12-6-8(15)2-4-10(12)16(19)20/h1-6H,(H,17,18). The number of nitrogens with zero attached hydrogens (tertiary/aromatic N) is 1. The molecule has 0 aliphatic heterocycles. The maximum absolute atomic E-state index is 13.2. The van der Waals surface area contributed by atoms with E-state index in [0.29, 0.717) is 4.47 Å². The molecule has 0 aliphatic carbocycles. The van der Waals surface area contributed by atoms with Gasteiger partial charge in [-0.2, -0.15) is 0 Å². The first kappa shape index (κ1) is 14.9. The van der Waals surface area contributed by atoms with Crippen molar-refractivity contribution in [1.82, 2.24) is 0 Å². The minimum atomic E-state index is -1.27. The second kappa shape index (κ2) is 5.88. The third-order valence-corrected chi connectivity index (χ3v) is 3.01. The number of carbonyl (C=O) groups is 1. The first-order valence-electron chi connectivity index (χ1n) is 5.53. The molecule has 0 aromatic heterocycles. The van der Waals surface area contributed by atoms with Gasteiger partial charge in [0.05, 0.1) is 4.92 Å². The van der Waals surface area contributed by atoms with Gasteiger partial charge >= 0.3 is 11.7 Å². The molecule has 0 amide bonds. The Labute approximate surface area is 126 Å². The van der Waals surface area contributed by atoms with Crippen molar-refractivity contribution in [2.24, 2.45) is 0 Å². The minimum absolute atomic E-state index is 0.134. The smallest absolute Gasteiger partial charge is 0.339 e. The van der Waals surface area contributed by atoms with Gasteiger partial charge in [-0.05, 0) is 24.3 Å². The van der Waals surface area contributed by atoms with Gasteiger partial charge in [0.15, 0.2) is 0 Å². The van der Waals surface area contributed by atoms with Crippen molar-refractivity contribution in [2.75, 3.05) is 0 Å². The van der Waals surface area contributed by atoms with Crippen molar-refractivity contribution in [2.45, 2.75) is 0 Å². The number of ether oxygens (including phenoxy) is 1. The van der Waals surface area contributed by atoms with Crippen molar-refractivity contribution in [1.29, 1.82) is 0 Å². The van der Waals surface area contributed by atoms with Crippen LogP contribution in [0, 0.1) is 15.9 Å². The Bertz CT molecular complexity index is 673. The topological polar surface area (TPSA) is 89.7 Å². The number of nitro groups is 1. The van der Waals surface area contributed by atoms with Crippen molar-refractivity contribution in [3.8, 4) is 11.5 Å². The predicted octanol–water partition coefficient (Wildman–Crippen LogP) is 3.99. The van der Waals surface area contributed by atoms with E-state index in [0.717, 1.165) is 18.2 Å². The number of nitro benzene ring substituents is 1. The molecular formula is C13H7BrFNO5. The molecule has 2 rings (SSSR count). The zero-order valence-electron chi connectivity index (χ0n) is 10.2. The highest BCUT2D eigenvalue weighted by Gasteiger charge is 2.20. The van der Waals surface area contributed by atoms with E-state index in [-0.39, 0.29) is 17.1 Å². The van der Waals surface area contributed by atoms with E-state index >= 15 is 0 Å². The lowest BCUT2D eigenvalue weighted by Crippen LogP contribution is -2.01. The third kappa shape index (κ3) is 3.34. The molecule has 2 aromatic rings. The van der Waals surface area contributed by atoms with Gasteiger partial charge in [-0.25, -0.2) is 9.18 Å². The summed E-state index contributed by atoms with van der Waals surface area (Å²) in [6.45, 7) is 0. The Balaban J connectivity index is 2.52. The lowest BCUT2D eigenvalue weighted by molar-refractivity contribution is -0.385. The molecule has 0 saturated heterocycles. The van der Waals surface area contributed by atoms with Crippen LogP contribution in [-0.4, -0.2) is 16.0 Å². The van der Waals surface area contributed by atoms with E-state index in [1.807, 2.05) is 0 Å². The van der Waals surface area contributed by atoms with Gasteiger partial charge in [0.25, 0.3) is 0 Å². The molecule has 0 fully saturated rings. The maximum atomic E-state index is 13.2. The van der Waals surface area contributed by atoms with E-state index in [2.05, 4.69) is 15.9 Å². The van der Waals surface area contributed by atoms with Gasteiger partial charge in [0.2, 0.25) is 5.75 Å². The van der Waals surface area contributed by atoms with Crippen molar-refractivity contribution < 1.29 is 24.0 Å². The zero-order valence-corrected chi connectivity index (χ0v) is 11.8. The van der Waals surface area contributed by atoms with Crippen LogP contribution in [0.3, 0.4) is 0 Å². The molecule has 1 N–H and O–H groups in total. The Morgan fingerprint density at radius 1 is 1.24 bits per heavy atom. The zero-order chi connectivity index (χ0) is 15.6. The van der Waals surface area contributed by atoms with Crippen LogP contribution in [0.4, 0.5) is 10.1 Å². The molecule has 0 unspecified atom stereocenters. The number of halogens is 2. The summed E-state index contributed by atoms with van der Waals surface area (Å²) in [4.78, 5) is 21.2. The van der Waals surface area contributed by atoms with Crippen LogP contribution < -0.4 is 4.74 Å². The van der Waals surface area contributed by atoms with Gasteiger partial charge in [0, 0.05) is 16.6 Å². The largest absolute Gasteiger partial charge is 0.478 e. The summed E-state index contributed by atoms with van der Waals surface area (Å²) in [5.74, 6) is -2.51. The summed E-state index contributed by atoms with van der Waals surface area (Å²) < 4.78 is 19.0. The molecule has 0 spiro atoms. The summed E-state index contributed by atoms with van der Waals surface area (Å²) in [7, 11) is 0. The second-order valence-electron chi connectivity index (χ2n) is 3.92. The third-order valence-electron chi connectivity index (χ3n) is 2.51. The Hall–Kier alpha value is -2.48. The predicted molar refractivity (Wildman–Crippen MR) is 74.2 cm³/mol. The molecule has 0 atom stereocenters. The van der Waals surface area contributed by atoms with Crippen LogP contribution in [0.2, 0.25) is 0 Å². The fourth-order valence-corrected chi connectivity index (χ4v) is 1.94. The molecule has 0 saturated carbocycles. The molecule has 0 radical (unpaired) electrons. The van der Waals surface area contributed by atoms with Crippen LogP contribution in [0.1, 0.15) is 10.4 Å². The summed E-state index contributed by atoms with van der Waals surface area (Å²) in [5, 5.41) is 20.0. The second-order valence-corrected chi connectivity index (χ2v) is 4.83. The Kier molecular flexibility index (Phi) is 4.18. The average Bonchev–Trinajstić information content (AvgIpc) is 2.38. The van der Waals surface area contributed by atoms with Crippen molar-refractivity contribution >= 4 is 27.6 Å². The number of hydrogen-bond acceptors (Lipinski definition) is 4. The Morgan fingerprint density at radius 3 is 2.57 bits per heavy atom. The Morgan fingerprint density at radius 2 is 1.95 bits per heavy atom. The molecule has 0 bridgehead atoms. The number of carboxylic acids is 1. The van der Waals surface area contributed by atoms with E-state index < -0.39 is 22.4 Å². The highest BCUT2D eigenvalue weighted by Crippen LogP contribution is 2.34. The SMILES string of the molecule is O=C(O)c1ccc(Br)cc1Oc1cc(F)ccc1[N+](=O)[O-]. The fourth-order valence-electron chi connectivity index (χ4n) is 1.60. The number of rotatable bonds is 4. The van der Waals surface area contributed by atoms with Gasteiger partial charge in [0.1, 0.15) is 17.1 Å². The number of carboxylic acid groups (broad SMARTS) is 1. The van der Waals surface area contributed by atoms with Gasteiger partial charge in [-0.1, -0.05) is 15.9 Å². The van der Waals surface area contributed by atoms with E-state index in [9.17, 15) is 19.3 Å². The van der Waals surface area contributed by atoms with Crippen LogP contribution in [-0.2, 0) is 0 Å². The van der Waals surface area contributed by atoms with Gasteiger partial charge in [-0.3, -0.25) is 10.1 Å². The maximum Gasteiger partial charge on any atom is 0.339 e. The first-order chi connectivity index (χ1) is 9.88. The molecule has 6 nitrogen and oxygen atoms in total. The molecular weight excluding hydrogens is 349 g/mol. The van der Waals surface area contributed by atoms with E-state index in [4.69, 9.17) is 9.84 Å². The van der Waals surface area contributed by atoms with Crippen molar-refractivity contribution in [3.05, 3.63) is 62.4 Å². The lowest BCUT2D eigenvalue weighted by Gasteiger charge is -2.09. The fraction of sp³-hybridized carbons (Fsp3) is 0. The van der Waals surface area contributed by atoms with E-state index in [1.165, 1.54) is 18.2 Å². The molecule has 108 valence electrons. The van der Waals surface area contributed by atoms with Crippen LogP contribution in [0.5, 0.6) is 11.5 Å². The summed E-state index contributed by atoms with van der Waals surface area (Å²) >= 11 is 3.14. The normalized spacial score (nSPS) is 10.2. The molecule has 0 heterocycles. The lowest BCUT2D eigenvalue weighted by atomic mass is 10.2. The van der Waals surface area contributed by atoms with Crippen LogP contribution >= 0.6 is 15.9 Å². The monoisotopic (exact) mass is 355 g/mol. The average molecular weight is 356 g/mol. The molecule has 21 heavy (non-hydrogen) atoms. The van der Waals surface area contributed by atoms with Crippen LogP contribution in [0.15, 0.2) is 40.9 Å². The first-order valence-corrected chi connectivity index (χ1v) is 6.32. The highest BCUT2D eigenvalue weighted by atomic mass is 79.9. The van der Waals surface area contributed by atoms with Gasteiger partial charge in [-0.15, -0.1) is 0 Å². The van der Waals surface area contributed by atoms with Crippen LogP contribution in [0.25, 0.3) is 0 Å². The van der Waals surface area contributed by atoms with E-state index in [1.54, 1.807) is 0 Å². The summed E-state index contributed by atoms with van der Waals surface area (Å²) in [5.41, 5.74) is -0.663. The number of aromatic carboxylic acids is 1. The van der Waals surface area contributed by atoms with Crippen molar-refractivity contribution in [3.63, 3.8) is 0 Å². The van der Waals surface area contributed by atoms with Gasteiger partial charge < -0.3 is 9.84 Å². The quantitative estimate of drug-likeness (QED) is 0.661. The molecule has 0 aliphatic rings. The number of benzene rings is 2. The summed E-state index contributed by atoms with van der Waals surface area (Å²) in [6, 6.07) is 6.78. The number of hydrogen-bond donors (Lipinski definition) is 1. The molecule has 8 heteroatoms. The minimum Gasteiger partial charge on any atom is -0.478 e.